The molecule has 68 valence electrons. The van der Waals surface area contributed by atoms with Crippen LogP contribution in [0.1, 0.15) is 5.82 Å². The van der Waals surface area contributed by atoms with E-state index in [1.165, 1.54) is 6.20 Å². The van der Waals surface area contributed by atoms with Gasteiger partial charge >= 0.3 is 0 Å². The first-order valence-electron chi connectivity index (χ1n) is 3.73. The van der Waals surface area contributed by atoms with Gasteiger partial charge < -0.3 is 9.84 Å². The molecule has 2 rings (SSSR count). The second-order valence-corrected chi connectivity index (χ2v) is 2.40. The van der Waals surface area contributed by atoms with Crippen molar-refractivity contribution in [3.63, 3.8) is 0 Å². The highest BCUT2D eigenvalue weighted by atomic mass is 16.5. The molecule has 7 nitrogen and oxygen atoms in total. The van der Waals surface area contributed by atoms with E-state index in [4.69, 9.17) is 4.52 Å². The van der Waals surface area contributed by atoms with Crippen molar-refractivity contribution in [3.8, 4) is 11.6 Å². The standard InChI is InChI=1S/C6H8N6O/c1-7-3-5-9-6(13-11-5)4-2-8-12-10-4/h2,7H,3H2,1H3,(H,8,10,12). The van der Waals surface area contributed by atoms with Crippen molar-refractivity contribution in [2.75, 3.05) is 7.05 Å². The van der Waals surface area contributed by atoms with Crippen molar-refractivity contribution in [2.24, 2.45) is 0 Å². The SMILES string of the molecule is CNCc1noc(-c2cn[nH]n2)n1. The molecule has 13 heavy (non-hydrogen) atoms. The number of H-pyrrole nitrogens is 1. The monoisotopic (exact) mass is 180 g/mol. The Balaban J connectivity index is 2.23. The van der Waals surface area contributed by atoms with Crippen molar-refractivity contribution in [2.45, 2.75) is 6.54 Å². The Morgan fingerprint density at radius 1 is 1.62 bits per heavy atom. The molecule has 2 N–H and O–H groups in total. The van der Waals surface area contributed by atoms with Crippen LogP contribution in [0.15, 0.2) is 10.7 Å². The zero-order valence-corrected chi connectivity index (χ0v) is 6.98. The Bertz CT molecular complexity index is 366. The second kappa shape index (κ2) is 3.31. The smallest absolute Gasteiger partial charge is 0.280 e. The fraction of sp³-hybridized carbons (Fsp3) is 0.333. The normalized spacial score (nSPS) is 10.5. The molecule has 0 bridgehead atoms. The predicted molar refractivity (Wildman–Crippen MR) is 42.4 cm³/mol. The maximum absolute atomic E-state index is 4.94. The molecule has 0 amide bonds. The van der Waals surface area contributed by atoms with Gasteiger partial charge in [0.25, 0.3) is 5.89 Å². The highest BCUT2D eigenvalue weighted by Gasteiger charge is 2.09. The Morgan fingerprint density at radius 2 is 2.54 bits per heavy atom. The molecule has 0 aromatic carbocycles. The van der Waals surface area contributed by atoms with Crippen molar-refractivity contribution in [1.82, 2.24) is 30.9 Å². The van der Waals surface area contributed by atoms with Crippen molar-refractivity contribution in [1.29, 1.82) is 0 Å². The van der Waals surface area contributed by atoms with E-state index in [0.29, 0.717) is 24.0 Å². The molecule has 0 fully saturated rings. The van der Waals surface area contributed by atoms with Crippen LogP contribution in [0.4, 0.5) is 0 Å². The van der Waals surface area contributed by atoms with Gasteiger partial charge in [0.2, 0.25) is 0 Å². The summed E-state index contributed by atoms with van der Waals surface area (Å²) in [4.78, 5) is 4.08. The van der Waals surface area contributed by atoms with Crippen molar-refractivity contribution in [3.05, 3.63) is 12.0 Å². The number of hydrogen-bond acceptors (Lipinski definition) is 6. The molecule has 0 atom stereocenters. The third kappa shape index (κ3) is 1.54. The lowest BCUT2D eigenvalue weighted by atomic mass is 10.5. The number of aromatic nitrogens is 5. The summed E-state index contributed by atoms with van der Waals surface area (Å²) in [5, 5.41) is 16.6. The number of nitrogens with zero attached hydrogens (tertiary/aromatic N) is 4. The van der Waals surface area contributed by atoms with Crippen LogP contribution in [0.5, 0.6) is 0 Å². The van der Waals surface area contributed by atoms with E-state index in [1.807, 2.05) is 7.05 Å². The first kappa shape index (κ1) is 7.87. The highest BCUT2D eigenvalue weighted by Crippen LogP contribution is 2.11. The van der Waals surface area contributed by atoms with Crippen LogP contribution in [-0.2, 0) is 6.54 Å². The van der Waals surface area contributed by atoms with E-state index in [9.17, 15) is 0 Å². The summed E-state index contributed by atoms with van der Waals surface area (Å²) < 4.78 is 4.94. The molecule has 7 heteroatoms. The summed E-state index contributed by atoms with van der Waals surface area (Å²) in [6.45, 7) is 0.571. The number of aromatic amines is 1. The second-order valence-electron chi connectivity index (χ2n) is 2.40. The summed E-state index contributed by atoms with van der Waals surface area (Å²) >= 11 is 0. The number of rotatable bonds is 3. The predicted octanol–water partition coefficient (Wildman–Crippen LogP) is -0.426. The minimum absolute atomic E-state index is 0.374. The summed E-state index contributed by atoms with van der Waals surface area (Å²) in [7, 11) is 1.81. The van der Waals surface area contributed by atoms with Gasteiger partial charge in [-0.1, -0.05) is 5.16 Å². The first-order chi connectivity index (χ1) is 6.40. The van der Waals surface area contributed by atoms with Gasteiger partial charge in [0.1, 0.15) is 0 Å². The van der Waals surface area contributed by atoms with Crippen molar-refractivity contribution >= 4 is 0 Å². The summed E-state index contributed by atoms with van der Waals surface area (Å²) in [5.74, 6) is 0.972. The lowest BCUT2D eigenvalue weighted by Crippen LogP contribution is -2.06. The molecule has 0 saturated carbocycles. The van der Waals surface area contributed by atoms with Crippen molar-refractivity contribution < 1.29 is 4.52 Å². The Kier molecular flexibility index (Phi) is 2.01. The number of nitrogens with one attached hydrogen (secondary N) is 2. The molecular formula is C6H8N6O. The molecule has 0 saturated heterocycles. The quantitative estimate of drug-likeness (QED) is 0.666. The van der Waals surface area contributed by atoms with Crippen LogP contribution in [0.25, 0.3) is 11.6 Å². The lowest BCUT2D eigenvalue weighted by molar-refractivity contribution is 0.419. The van der Waals surface area contributed by atoms with Crippen LogP contribution in [0.3, 0.4) is 0 Å². The zero-order chi connectivity index (χ0) is 9.10. The van der Waals surface area contributed by atoms with Gasteiger partial charge in [-0.3, -0.25) is 0 Å². The van der Waals surface area contributed by atoms with Gasteiger partial charge in [-0.2, -0.15) is 20.4 Å². The molecule has 2 heterocycles. The maximum Gasteiger partial charge on any atom is 0.280 e. The number of hydrogen-bond donors (Lipinski definition) is 2. The summed E-state index contributed by atoms with van der Waals surface area (Å²) in [5.41, 5.74) is 0.551. The largest absolute Gasteiger partial charge is 0.332 e. The van der Waals surface area contributed by atoms with E-state index in [1.54, 1.807) is 0 Å². The van der Waals surface area contributed by atoms with Gasteiger partial charge in [-0.25, -0.2) is 0 Å². The molecule has 0 radical (unpaired) electrons. The van der Waals surface area contributed by atoms with E-state index in [0.717, 1.165) is 0 Å². The topological polar surface area (TPSA) is 92.5 Å². The Hall–Kier alpha value is -1.76. The van der Waals surface area contributed by atoms with Crippen LogP contribution < -0.4 is 5.32 Å². The average Bonchev–Trinajstić information content (AvgIpc) is 2.70. The third-order valence-corrected chi connectivity index (χ3v) is 1.44. The third-order valence-electron chi connectivity index (χ3n) is 1.44. The lowest BCUT2D eigenvalue weighted by Gasteiger charge is -1.86. The van der Waals surface area contributed by atoms with E-state index in [2.05, 4.69) is 30.9 Å². The van der Waals surface area contributed by atoms with E-state index in [-0.39, 0.29) is 0 Å². The molecule has 2 aromatic rings. The zero-order valence-electron chi connectivity index (χ0n) is 6.98. The molecule has 0 aliphatic carbocycles. The van der Waals surface area contributed by atoms with Crippen LogP contribution >= 0.6 is 0 Å². The van der Waals surface area contributed by atoms with Crippen LogP contribution in [0, 0.1) is 0 Å². The molecule has 0 spiro atoms. The fourth-order valence-corrected chi connectivity index (χ4v) is 0.893. The Morgan fingerprint density at radius 3 is 3.23 bits per heavy atom. The molecular weight excluding hydrogens is 172 g/mol. The summed E-state index contributed by atoms with van der Waals surface area (Å²) in [6.07, 6.45) is 1.52. The average molecular weight is 180 g/mol. The van der Waals surface area contributed by atoms with Gasteiger partial charge in [-0.05, 0) is 7.05 Å². The van der Waals surface area contributed by atoms with Crippen LogP contribution in [0.2, 0.25) is 0 Å². The Labute approximate surface area is 73.5 Å². The molecule has 0 aliphatic heterocycles. The molecule has 0 unspecified atom stereocenters. The molecule has 0 aliphatic rings. The minimum atomic E-state index is 0.374. The van der Waals surface area contributed by atoms with Crippen LogP contribution in [-0.4, -0.2) is 32.6 Å². The van der Waals surface area contributed by atoms with Gasteiger partial charge in [0.05, 0.1) is 12.7 Å². The molecule has 2 aromatic heterocycles. The van der Waals surface area contributed by atoms with Gasteiger partial charge in [0.15, 0.2) is 11.5 Å². The fourth-order valence-electron chi connectivity index (χ4n) is 0.893. The van der Waals surface area contributed by atoms with E-state index < -0.39 is 0 Å². The van der Waals surface area contributed by atoms with Gasteiger partial charge in [0, 0.05) is 0 Å². The van der Waals surface area contributed by atoms with E-state index >= 15 is 0 Å². The maximum atomic E-state index is 4.94. The van der Waals surface area contributed by atoms with Gasteiger partial charge in [-0.15, -0.1) is 0 Å². The first-order valence-corrected chi connectivity index (χ1v) is 3.73. The minimum Gasteiger partial charge on any atom is -0.332 e. The summed E-state index contributed by atoms with van der Waals surface area (Å²) in [6, 6.07) is 0. The highest BCUT2D eigenvalue weighted by molar-refractivity contribution is 5.42.